The lowest BCUT2D eigenvalue weighted by molar-refractivity contribution is 0.0956. The van der Waals surface area contributed by atoms with Gasteiger partial charge in [0.1, 0.15) is 5.75 Å². The van der Waals surface area contributed by atoms with Crippen LogP contribution in [-0.4, -0.2) is 29.6 Å². The van der Waals surface area contributed by atoms with Crippen molar-refractivity contribution in [1.29, 1.82) is 0 Å². The summed E-state index contributed by atoms with van der Waals surface area (Å²) in [5.74, 6) is 0.681. The van der Waals surface area contributed by atoms with Crippen LogP contribution in [0.4, 0.5) is 0 Å². The number of rotatable bonds is 4. The van der Waals surface area contributed by atoms with E-state index in [-0.39, 0.29) is 16.7 Å². The van der Waals surface area contributed by atoms with Gasteiger partial charge >= 0.3 is 0 Å². The molecule has 0 spiro atoms. The highest BCUT2D eigenvalue weighted by Gasteiger charge is 2.07. The second-order valence-electron chi connectivity index (χ2n) is 2.91. The van der Waals surface area contributed by atoms with Gasteiger partial charge < -0.3 is 10.4 Å². The van der Waals surface area contributed by atoms with Crippen molar-refractivity contribution in [1.82, 2.24) is 5.32 Å². The Morgan fingerprint density at radius 1 is 1.60 bits per heavy atom. The van der Waals surface area contributed by atoms with Crippen molar-refractivity contribution in [3.63, 3.8) is 0 Å². The highest BCUT2D eigenvalue weighted by atomic mass is 35.5. The minimum absolute atomic E-state index is 0.0164. The molecule has 1 amide bonds. The molecular weight excluding hydrogens is 234 g/mol. The standard InChI is InChI=1S/C10H12ClNO2S/c1-15-5-4-12-10(14)7-2-3-9(13)8(11)6-7/h2-3,6,13H,4-5H2,1H3,(H,12,14). The number of halogens is 1. The summed E-state index contributed by atoms with van der Waals surface area (Å²) in [4.78, 5) is 11.5. The summed E-state index contributed by atoms with van der Waals surface area (Å²) in [6.45, 7) is 0.624. The molecule has 15 heavy (non-hydrogen) atoms. The number of hydrogen-bond donors (Lipinski definition) is 2. The molecule has 0 aliphatic rings. The number of phenols is 1. The maximum absolute atomic E-state index is 11.5. The first-order chi connectivity index (χ1) is 7.15. The molecule has 3 nitrogen and oxygen atoms in total. The average Bonchev–Trinajstić information content (AvgIpc) is 2.22. The van der Waals surface area contributed by atoms with E-state index in [9.17, 15) is 9.90 Å². The van der Waals surface area contributed by atoms with Gasteiger partial charge in [0.2, 0.25) is 0 Å². The summed E-state index contributed by atoms with van der Waals surface area (Å²) >= 11 is 7.35. The molecule has 0 bridgehead atoms. The number of benzene rings is 1. The van der Waals surface area contributed by atoms with E-state index >= 15 is 0 Å². The van der Waals surface area contributed by atoms with Crippen molar-refractivity contribution in [2.75, 3.05) is 18.6 Å². The number of hydrogen-bond acceptors (Lipinski definition) is 3. The number of aromatic hydroxyl groups is 1. The monoisotopic (exact) mass is 245 g/mol. The molecule has 0 aliphatic carbocycles. The third-order valence-corrected chi connectivity index (χ3v) is 2.72. The Labute approximate surface area is 97.8 Å². The molecule has 0 aromatic heterocycles. The van der Waals surface area contributed by atoms with Crippen LogP contribution in [0.2, 0.25) is 5.02 Å². The summed E-state index contributed by atoms with van der Waals surface area (Å²) < 4.78 is 0. The summed E-state index contributed by atoms with van der Waals surface area (Å²) in [7, 11) is 0. The molecule has 0 fully saturated rings. The van der Waals surface area contributed by atoms with Gasteiger partial charge in [0.25, 0.3) is 5.91 Å². The van der Waals surface area contributed by atoms with E-state index in [0.29, 0.717) is 12.1 Å². The van der Waals surface area contributed by atoms with Gasteiger partial charge in [0.05, 0.1) is 5.02 Å². The lowest BCUT2D eigenvalue weighted by Crippen LogP contribution is -2.25. The Balaban J connectivity index is 2.62. The predicted molar refractivity (Wildman–Crippen MR) is 63.8 cm³/mol. The maximum Gasteiger partial charge on any atom is 0.251 e. The second kappa shape index (κ2) is 5.88. The number of carbonyl (C=O) groups is 1. The largest absolute Gasteiger partial charge is 0.506 e. The molecule has 1 rings (SSSR count). The van der Waals surface area contributed by atoms with Crippen LogP contribution in [0, 0.1) is 0 Å². The Bertz CT molecular complexity index is 357. The van der Waals surface area contributed by atoms with Crippen LogP contribution in [0.3, 0.4) is 0 Å². The van der Waals surface area contributed by atoms with Crippen LogP contribution in [-0.2, 0) is 0 Å². The summed E-state index contributed by atoms with van der Waals surface area (Å²) in [6.07, 6.45) is 1.98. The number of thioether (sulfide) groups is 1. The lowest BCUT2D eigenvalue weighted by atomic mass is 10.2. The minimum atomic E-state index is -0.175. The second-order valence-corrected chi connectivity index (χ2v) is 4.31. The highest BCUT2D eigenvalue weighted by molar-refractivity contribution is 7.98. The molecule has 0 saturated carbocycles. The van der Waals surface area contributed by atoms with Gasteiger partial charge in [0, 0.05) is 17.9 Å². The lowest BCUT2D eigenvalue weighted by Gasteiger charge is -2.04. The fourth-order valence-electron chi connectivity index (χ4n) is 1.02. The van der Waals surface area contributed by atoms with Gasteiger partial charge in [-0.3, -0.25) is 4.79 Å². The zero-order valence-corrected chi connectivity index (χ0v) is 9.86. The minimum Gasteiger partial charge on any atom is -0.506 e. The van der Waals surface area contributed by atoms with E-state index < -0.39 is 0 Å². The zero-order valence-electron chi connectivity index (χ0n) is 8.29. The number of amides is 1. The van der Waals surface area contributed by atoms with E-state index in [1.54, 1.807) is 11.8 Å². The van der Waals surface area contributed by atoms with E-state index in [0.717, 1.165) is 5.75 Å². The van der Waals surface area contributed by atoms with Crippen molar-refractivity contribution in [2.24, 2.45) is 0 Å². The van der Waals surface area contributed by atoms with Crippen molar-refractivity contribution in [3.05, 3.63) is 28.8 Å². The van der Waals surface area contributed by atoms with Gasteiger partial charge in [0.15, 0.2) is 0 Å². The number of phenolic OH excluding ortho intramolecular Hbond substituents is 1. The van der Waals surface area contributed by atoms with Gasteiger partial charge in [-0.2, -0.15) is 11.8 Å². The Hall–Kier alpha value is -0.870. The van der Waals surface area contributed by atoms with Crippen LogP contribution in [0.25, 0.3) is 0 Å². The Morgan fingerprint density at radius 3 is 2.93 bits per heavy atom. The average molecular weight is 246 g/mol. The summed E-state index contributed by atoms with van der Waals surface area (Å²) in [5.41, 5.74) is 0.457. The molecular formula is C10H12ClNO2S. The van der Waals surface area contributed by atoms with Gasteiger partial charge in [-0.05, 0) is 24.5 Å². The summed E-state index contributed by atoms with van der Waals surface area (Å²) in [5, 5.41) is 12.1. The van der Waals surface area contributed by atoms with Crippen molar-refractivity contribution >= 4 is 29.3 Å². The van der Waals surface area contributed by atoms with E-state index in [2.05, 4.69) is 5.32 Å². The first-order valence-corrected chi connectivity index (χ1v) is 6.18. The first kappa shape index (κ1) is 12.2. The van der Waals surface area contributed by atoms with Crippen molar-refractivity contribution in [2.45, 2.75) is 0 Å². The Morgan fingerprint density at radius 2 is 2.33 bits per heavy atom. The van der Waals surface area contributed by atoms with E-state index in [1.165, 1.54) is 18.2 Å². The van der Waals surface area contributed by atoms with Crippen molar-refractivity contribution < 1.29 is 9.90 Å². The normalized spacial score (nSPS) is 10.0. The fraction of sp³-hybridized carbons (Fsp3) is 0.300. The van der Waals surface area contributed by atoms with Crippen LogP contribution in [0.15, 0.2) is 18.2 Å². The molecule has 0 aliphatic heterocycles. The van der Waals surface area contributed by atoms with Crippen molar-refractivity contribution in [3.8, 4) is 5.75 Å². The number of carbonyl (C=O) groups excluding carboxylic acids is 1. The van der Waals surface area contributed by atoms with Crippen LogP contribution >= 0.6 is 23.4 Å². The molecule has 0 heterocycles. The molecule has 5 heteroatoms. The summed E-state index contributed by atoms with van der Waals surface area (Å²) in [6, 6.07) is 4.40. The smallest absolute Gasteiger partial charge is 0.251 e. The quantitative estimate of drug-likeness (QED) is 0.799. The topological polar surface area (TPSA) is 49.3 Å². The van der Waals surface area contributed by atoms with E-state index in [1.807, 2.05) is 6.26 Å². The predicted octanol–water partition coefficient (Wildman–Crippen LogP) is 2.14. The molecule has 0 radical (unpaired) electrons. The van der Waals surface area contributed by atoms with Crippen LogP contribution in [0.5, 0.6) is 5.75 Å². The molecule has 0 saturated heterocycles. The van der Waals surface area contributed by atoms with Gasteiger partial charge in [-0.25, -0.2) is 0 Å². The SMILES string of the molecule is CSCCNC(=O)c1ccc(O)c(Cl)c1. The molecule has 1 aromatic rings. The maximum atomic E-state index is 11.5. The molecule has 0 unspecified atom stereocenters. The van der Waals surface area contributed by atoms with E-state index in [4.69, 9.17) is 11.6 Å². The fourth-order valence-corrected chi connectivity index (χ4v) is 1.50. The van der Waals surface area contributed by atoms with Gasteiger partial charge in [-0.15, -0.1) is 0 Å². The van der Waals surface area contributed by atoms with Crippen LogP contribution in [0.1, 0.15) is 10.4 Å². The molecule has 82 valence electrons. The molecule has 2 N–H and O–H groups in total. The highest BCUT2D eigenvalue weighted by Crippen LogP contribution is 2.23. The Kier molecular flexibility index (Phi) is 4.78. The third-order valence-electron chi connectivity index (χ3n) is 1.80. The zero-order chi connectivity index (χ0) is 11.3. The number of nitrogens with one attached hydrogen (secondary N) is 1. The molecule has 1 aromatic carbocycles. The third kappa shape index (κ3) is 3.64. The van der Waals surface area contributed by atoms with Crippen LogP contribution < -0.4 is 5.32 Å². The first-order valence-electron chi connectivity index (χ1n) is 4.41. The molecule has 0 atom stereocenters. The van der Waals surface area contributed by atoms with Gasteiger partial charge in [-0.1, -0.05) is 11.6 Å².